The fourth-order valence-corrected chi connectivity index (χ4v) is 2.72. The van der Waals surface area contributed by atoms with E-state index in [1.54, 1.807) is 6.07 Å². The van der Waals surface area contributed by atoms with Crippen LogP contribution < -0.4 is 88.7 Å². The molecule has 4 aromatic carbocycles. The van der Waals surface area contributed by atoms with Crippen LogP contribution in [-0.2, 0) is 0 Å². The Morgan fingerprint density at radius 2 is 1.10 bits per heavy atom. The molecule has 0 saturated carbocycles. The molecule has 0 saturated heterocycles. The van der Waals surface area contributed by atoms with Gasteiger partial charge in [-0.3, -0.25) is 0 Å². The molecule has 0 aliphatic rings. The van der Waals surface area contributed by atoms with Crippen LogP contribution in [0.4, 0.5) is 0 Å². The molecule has 0 radical (unpaired) electrons. The summed E-state index contributed by atoms with van der Waals surface area (Å²) in [4.78, 5) is 0. The van der Waals surface area contributed by atoms with Gasteiger partial charge in [0.2, 0.25) is 0 Å². The van der Waals surface area contributed by atoms with Gasteiger partial charge < -0.3 is 9.39 Å². The smallest absolute Gasteiger partial charge is 1.00 e. The fourth-order valence-electron chi connectivity index (χ4n) is 2.72. The fraction of sp³-hybridized carbons (Fsp3) is 0. The predicted molar refractivity (Wildman–Crippen MR) is 75.1 cm³/mol. The largest absolute Gasteiger partial charge is 1.00 e. The molecule has 4 aromatic rings. The minimum atomic E-state index is 0. The van der Waals surface area contributed by atoms with E-state index in [0.717, 1.165) is 5.39 Å². The molecular formula is C16H13Na3O. The van der Waals surface area contributed by atoms with Gasteiger partial charge in [0.1, 0.15) is 5.75 Å². The molecule has 1 N–H and O–H groups in total. The second-order valence-corrected chi connectivity index (χ2v) is 4.44. The number of hydrogen-bond donors (Lipinski definition) is 1. The van der Waals surface area contributed by atoms with Gasteiger partial charge in [0.05, 0.1) is 0 Å². The summed E-state index contributed by atoms with van der Waals surface area (Å²) in [6.45, 7) is 0. The zero-order chi connectivity index (χ0) is 11.4. The quantitative estimate of drug-likeness (QED) is 0.256. The summed E-state index contributed by atoms with van der Waals surface area (Å²) in [5, 5.41) is 16.9. The molecule has 0 spiro atoms. The SMILES string of the molecule is Oc1ccc2ccc3cccc4ccc1c2c34.[H-].[H-].[H-].[Na+].[Na+].[Na+]. The molecular weight excluding hydrogens is 277 g/mol. The monoisotopic (exact) mass is 290 g/mol. The van der Waals surface area contributed by atoms with Crippen LogP contribution >= 0.6 is 0 Å². The van der Waals surface area contributed by atoms with Crippen molar-refractivity contribution in [1.82, 2.24) is 0 Å². The number of hydrogen-bond acceptors (Lipinski definition) is 1. The Balaban J connectivity index is -0.000000667. The van der Waals surface area contributed by atoms with Gasteiger partial charge in [0.25, 0.3) is 0 Å². The summed E-state index contributed by atoms with van der Waals surface area (Å²) < 4.78 is 0. The number of aromatic hydroxyl groups is 1. The van der Waals surface area contributed by atoms with E-state index in [1.165, 1.54) is 26.9 Å². The number of benzene rings is 4. The Hall–Kier alpha value is 0.720. The first-order valence-electron chi connectivity index (χ1n) is 5.70. The third-order valence-corrected chi connectivity index (χ3v) is 3.51. The Morgan fingerprint density at radius 3 is 1.75 bits per heavy atom. The molecule has 1 nitrogen and oxygen atoms in total. The number of phenols is 1. The van der Waals surface area contributed by atoms with Crippen LogP contribution in [0.5, 0.6) is 5.75 Å². The maximum Gasteiger partial charge on any atom is 1.00 e. The first-order chi connectivity index (χ1) is 8.34. The van der Waals surface area contributed by atoms with Gasteiger partial charge in [0.15, 0.2) is 0 Å². The Labute approximate surface area is 188 Å². The first-order valence-corrected chi connectivity index (χ1v) is 5.70. The minimum Gasteiger partial charge on any atom is -1.00 e. The van der Waals surface area contributed by atoms with Gasteiger partial charge in [-0.25, -0.2) is 0 Å². The maximum atomic E-state index is 9.95. The van der Waals surface area contributed by atoms with Crippen molar-refractivity contribution in [3.8, 4) is 5.75 Å². The Bertz CT molecular complexity index is 855. The van der Waals surface area contributed by atoms with E-state index < -0.39 is 0 Å². The molecule has 86 valence electrons. The van der Waals surface area contributed by atoms with Gasteiger partial charge in [-0.15, -0.1) is 0 Å². The predicted octanol–water partition coefficient (Wildman–Crippen LogP) is -4.36. The molecule has 0 aliphatic carbocycles. The van der Waals surface area contributed by atoms with Gasteiger partial charge in [-0.05, 0) is 27.6 Å². The summed E-state index contributed by atoms with van der Waals surface area (Å²) in [6, 6.07) is 18.4. The van der Waals surface area contributed by atoms with Crippen molar-refractivity contribution in [3.63, 3.8) is 0 Å². The average Bonchev–Trinajstić information content (AvgIpc) is 2.38. The second-order valence-electron chi connectivity index (χ2n) is 4.44. The molecule has 4 heteroatoms. The van der Waals surface area contributed by atoms with Crippen LogP contribution in [0.15, 0.2) is 54.6 Å². The third kappa shape index (κ3) is 2.81. The molecule has 0 fully saturated rings. The van der Waals surface area contributed by atoms with Crippen LogP contribution in [0.1, 0.15) is 4.28 Å². The van der Waals surface area contributed by atoms with Crippen molar-refractivity contribution in [2.24, 2.45) is 0 Å². The summed E-state index contributed by atoms with van der Waals surface area (Å²) in [6.07, 6.45) is 0. The molecule has 0 aliphatic heterocycles. The molecule has 4 rings (SSSR count). The first kappa shape index (κ1) is 18.8. The van der Waals surface area contributed by atoms with Crippen LogP contribution in [0.2, 0.25) is 0 Å². The molecule has 0 aromatic heterocycles. The van der Waals surface area contributed by atoms with E-state index in [4.69, 9.17) is 0 Å². The van der Waals surface area contributed by atoms with Crippen molar-refractivity contribution in [2.75, 3.05) is 0 Å². The van der Waals surface area contributed by atoms with Crippen molar-refractivity contribution in [2.45, 2.75) is 0 Å². The van der Waals surface area contributed by atoms with Crippen molar-refractivity contribution < 1.29 is 98.1 Å². The second kappa shape index (κ2) is 7.32. The molecule has 20 heavy (non-hydrogen) atoms. The number of phenolic OH excluding ortho intramolecular Hbond substituents is 1. The van der Waals surface area contributed by atoms with Crippen LogP contribution in [0.3, 0.4) is 0 Å². The maximum absolute atomic E-state index is 9.95. The van der Waals surface area contributed by atoms with Gasteiger partial charge in [-0.1, -0.05) is 48.5 Å². The molecule has 0 unspecified atom stereocenters. The van der Waals surface area contributed by atoms with Gasteiger partial charge in [-0.2, -0.15) is 0 Å². The summed E-state index contributed by atoms with van der Waals surface area (Å²) in [5.74, 6) is 0.357. The molecule has 0 amide bonds. The standard InChI is InChI=1S/C16H10O.3Na.3H/c17-14-9-7-12-5-4-10-2-1-3-11-6-8-13(14)16(12)15(10)11;;;;;;/h1-9,17H;;;;;;/q;3*+1;3*-1. The molecule has 0 bridgehead atoms. The van der Waals surface area contributed by atoms with Crippen molar-refractivity contribution in [1.29, 1.82) is 0 Å². The van der Waals surface area contributed by atoms with Gasteiger partial charge in [0, 0.05) is 10.8 Å². The van der Waals surface area contributed by atoms with E-state index in [2.05, 4.69) is 36.4 Å². The molecule has 0 heterocycles. The van der Waals surface area contributed by atoms with E-state index in [0.29, 0.717) is 5.75 Å². The van der Waals surface area contributed by atoms with Crippen LogP contribution in [0.25, 0.3) is 32.3 Å². The van der Waals surface area contributed by atoms with E-state index in [1.807, 2.05) is 12.1 Å². The van der Waals surface area contributed by atoms with Crippen molar-refractivity contribution in [3.05, 3.63) is 54.6 Å². The van der Waals surface area contributed by atoms with Crippen LogP contribution in [0, 0.1) is 0 Å². The minimum absolute atomic E-state index is 0. The summed E-state index contributed by atoms with van der Waals surface area (Å²) in [5.41, 5.74) is 0. The Kier molecular flexibility index (Phi) is 6.87. The third-order valence-electron chi connectivity index (χ3n) is 3.51. The van der Waals surface area contributed by atoms with E-state index in [9.17, 15) is 5.11 Å². The number of rotatable bonds is 0. The summed E-state index contributed by atoms with van der Waals surface area (Å²) >= 11 is 0. The molecule has 0 atom stereocenters. The van der Waals surface area contributed by atoms with E-state index in [-0.39, 0.29) is 93.0 Å². The van der Waals surface area contributed by atoms with Crippen LogP contribution in [-0.4, -0.2) is 5.11 Å². The normalized spacial score (nSPS) is 10.0. The Morgan fingerprint density at radius 1 is 0.600 bits per heavy atom. The van der Waals surface area contributed by atoms with Gasteiger partial charge >= 0.3 is 88.7 Å². The van der Waals surface area contributed by atoms with E-state index >= 15 is 0 Å². The average molecular weight is 290 g/mol. The zero-order valence-corrected chi connectivity index (χ0v) is 18.1. The summed E-state index contributed by atoms with van der Waals surface area (Å²) in [7, 11) is 0. The topological polar surface area (TPSA) is 20.2 Å². The van der Waals surface area contributed by atoms with Crippen molar-refractivity contribution >= 4 is 32.3 Å². The zero-order valence-electron chi connectivity index (χ0n) is 15.1.